The van der Waals surface area contributed by atoms with Gasteiger partial charge in [-0.15, -0.1) is 11.3 Å². The lowest BCUT2D eigenvalue weighted by Gasteiger charge is -2.28. The fraction of sp³-hybridized carbons (Fsp3) is 0.344. The standard InChI is InChI=1S/C32H37N5O8S/c1-21(2)10-13-36(29(41)20-37(14-11-30(42)43)31(44)23-7-5-9-25(17-23)45-3)19-28(40)34-24-8-4-6-22(16-24)26(38)18-27(39)35-32-33-12-15-46-32/h4-9,12,15-17,21H,10-11,13-14,18-20H2,1-3H3,(H,34,40)(H,42,43)(H,33,35,39). The van der Waals surface area contributed by atoms with Crippen LogP contribution in [-0.2, 0) is 19.2 Å². The fourth-order valence-corrected chi connectivity index (χ4v) is 4.78. The van der Waals surface area contributed by atoms with E-state index in [1.54, 1.807) is 35.7 Å². The van der Waals surface area contributed by atoms with E-state index in [0.717, 1.165) is 4.90 Å². The number of nitrogens with one attached hydrogen (secondary N) is 2. The number of Topliss-reactive ketones (excluding diaryl/α,β-unsaturated/α-hetero) is 1. The Morgan fingerprint density at radius 2 is 1.65 bits per heavy atom. The van der Waals surface area contributed by atoms with Crippen LogP contribution in [0.3, 0.4) is 0 Å². The first-order valence-electron chi connectivity index (χ1n) is 14.5. The molecule has 3 aromatic rings. The second kappa shape index (κ2) is 17.4. The van der Waals surface area contributed by atoms with Crippen LogP contribution in [0.4, 0.5) is 10.8 Å². The van der Waals surface area contributed by atoms with E-state index < -0.39 is 48.3 Å². The van der Waals surface area contributed by atoms with E-state index in [1.165, 1.54) is 47.7 Å². The van der Waals surface area contributed by atoms with Gasteiger partial charge in [0.05, 0.1) is 26.5 Å². The van der Waals surface area contributed by atoms with Crippen LogP contribution in [0, 0.1) is 5.92 Å². The van der Waals surface area contributed by atoms with E-state index >= 15 is 0 Å². The van der Waals surface area contributed by atoms with Gasteiger partial charge in [0, 0.05) is 41.5 Å². The van der Waals surface area contributed by atoms with Gasteiger partial charge in [0.25, 0.3) is 5.91 Å². The van der Waals surface area contributed by atoms with Crippen molar-refractivity contribution in [3.05, 3.63) is 71.2 Å². The molecule has 0 aliphatic rings. The number of methoxy groups -OCH3 is 1. The van der Waals surface area contributed by atoms with Crippen LogP contribution < -0.4 is 15.4 Å². The number of ether oxygens (including phenoxy) is 1. The van der Waals surface area contributed by atoms with Crippen molar-refractivity contribution in [2.75, 3.05) is 43.9 Å². The maximum absolute atomic E-state index is 13.5. The number of hydrogen-bond acceptors (Lipinski definition) is 9. The van der Waals surface area contributed by atoms with Crippen LogP contribution in [0.1, 0.15) is 53.8 Å². The molecule has 2 aromatic carbocycles. The van der Waals surface area contributed by atoms with E-state index in [0.29, 0.717) is 23.0 Å². The summed E-state index contributed by atoms with van der Waals surface area (Å²) in [5.74, 6) is -3.11. The van der Waals surface area contributed by atoms with Crippen molar-refractivity contribution in [1.82, 2.24) is 14.8 Å². The van der Waals surface area contributed by atoms with Crippen LogP contribution in [0.15, 0.2) is 60.1 Å². The Hall–Kier alpha value is -5.11. The lowest BCUT2D eigenvalue weighted by Crippen LogP contribution is -2.46. The third-order valence-corrected chi connectivity index (χ3v) is 7.35. The average molecular weight is 652 g/mol. The van der Waals surface area contributed by atoms with Crippen molar-refractivity contribution in [1.29, 1.82) is 0 Å². The summed E-state index contributed by atoms with van der Waals surface area (Å²) < 4.78 is 5.18. The molecule has 1 heterocycles. The van der Waals surface area contributed by atoms with Crippen LogP contribution in [0.25, 0.3) is 0 Å². The number of rotatable bonds is 17. The number of aliphatic carboxylic acids is 1. The number of nitrogens with zero attached hydrogens (tertiary/aromatic N) is 3. The molecule has 0 spiro atoms. The zero-order valence-electron chi connectivity index (χ0n) is 25.9. The zero-order chi connectivity index (χ0) is 33.6. The molecule has 46 heavy (non-hydrogen) atoms. The number of ketones is 1. The van der Waals surface area contributed by atoms with E-state index in [9.17, 15) is 33.9 Å². The molecule has 3 rings (SSSR count). The predicted molar refractivity (Wildman–Crippen MR) is 172 cm³/mol. The van der Waals surface area contributed by atoms with E-state index in [4.69, 9.17) is 4.74 Å². The number of benzene rings is 2. The summed E-state index contributed by atoms with van der Waals surface area (Å²) in [6, 6.07) is 12.4. The summed E-state index contributed by atoms with van der Waals surface area (Å²) in [5, 5.41) is 16.6. The number of aromatic nitrogens is 1. The highest BCUT2D eigenvalue weighted by Gasteiger charge is 2.25. The van der Waals surface area contributed by atoms with Gasteiger partial charge in [-0.25, -0.2) is 4.98 Å². The molecule has 244 valence electrons. The third-order valence-electron chi connectivity index (χ3n) is 6.66. The fourth-order valence-electron chi connectivity index (χ4n) is 4.23. The molecule has 0 unspecified atom stereocenters. The number of carbonyl (C=O) groups is 6. The molecule has 14 heteroatoms. The van der Waals surface area contributed by atoms with Crippen LogP contribution >= 0.6 is 11.3 Å². The Kier molecular flexibility index (Phi) is 13.4. The number of amides is 4. The molecule has 0 radical (unpaired) electrons. The number of hydrogen-bond donors (Lipinski definition) is 3. The summed E-state index contributed by atoms with van der Waals surface area (Å²) >= 11 is 1.23. The Morgan fingerprint density at radius 3 is 2.33 bits per heavy atom. The minimum absolute atomic E-state index is 0.204. The van der Waals surface area contributed by atoms with Gasteiger partial charge in [0.2, 0.25) is 17.7 Å². The van der Waals surface area contributed by atoms with Gasteiger partial charge in [0.1, 0.15) is 12.3 Å². The highest BCUT2D eigenvalue weighted by molar-refractivity contribution is 7.13. The van der Waals surface area contributed by atoms with Crippen molar-refractivity contribution < 1.29 is 38.6 Å². The first-order valence-corrected chi connectivity index (χ1v) is 15.4. The van der Waals surface area contributed by atoms with Gasteiger partial charge in [-0.1, -0.05) is 32.0 Å². The van der Waals surface area contributed by atoms with Crippen LogP contribution in [-0.4, -0.2) is 88.6 Å². The summed E-state index contributed by atoms with van der Waals surface area (Å²) in [6.07, 6.45) is 1.31. The van der Waals surface area contributed by atoms with E-state index in [-0.39, 0.29) is 43.1 Å². The number of anilines is 2. The van der Waals surface area contributed by atoms with Crippen molar-refractivity contribution in [3.63, 3.8) is 0 Å². The summed E-state index contributed by atoms with van der Waals surface area (Å²) in [6.45, 7) is 3.14. The van der Waals surface area contributed by atoms with Crippen molar-refractivity contribution in [2.45, 2.75) is 33.1 Å². The topological polar surface area (TPSA) is 175 Å². The first kappa shape index (κ1) is 35.4. The number of thiazole rings is 1. The lowest BCUT2D eigenvalue weighted by molar-refractivity contribution is -0.138. The summed E-state index contributed by atoms with van der Waals surface area (Å²) in [7, 11) is 1.45. The summed E-state index contributed by atoms with van der Waals surface area (Å²) in [5.41, 5.74) is 0.729. The molecule has 1 aromatic heterocycles. The monoisotopic (exact) mass is 651 g/mol. The van der Waals surface area contributed by atoms with Gasteiger partial charge in [-0.2, -0.15) is 0 Å². The molecule has 0 saturated heterocycles. The maximum atomic E-state index is 13.5. The zero-order valence-corrected chi connectivity index (χ0v) is 26.7. The first-order chi connectivity index (χ1) is 21.9. The highest BCUT2D eigenvalue weighted by Crippen LogP contribution is 2.17. The normalized spacial score (nSPS) is 10.6. The maximum Gasteiger partial charge on any atom is 0.305 e. The van der Waals surface area contributed by atoms with E-state index in [2.05, 4.69) is 15.6 Å². The molecule has 0 atom stereocenters. The largest absolute Gasteiger partial charge is 0.497 e. The van der Waals surface area contributed by atoms with Gasteiger partial charge in [-0.05, 0) is 42.7 Å². The average Bonchev–Trinajstić information content (AvgIpc) is 3.53. The van der Waals surface area contributed by atoms with Gasteiger partial charge in [-0.3, -0.25) is 28.8 Å². The quantitative estimate of drug-likeness (QED) is 0.145. The molecular formula is C32H37N5O8S. The smallest absolute Gasteiger partial charge is 0.305 e. The Balaban J connectivity index is 1.69. The Labute approximate surface area is 270 Å². The van der Waals surface area contributed by atoms with Crippen molar-refractivity contribution in [3.8, 4) is 5.75 Å². The molecule has 0 aliphatic carbocycles. The SMILES string of the molecule is COc1cccc(C(=O)N(CCC(=O)O)CC(=O)N(CCC(C)C)CC(=O)Nc2cccc(C(=O)CC(=O)Nc3nccs3)c2)c1. The number of carbonyl (C=O) groups excluding carboxylic acids is 5. The molecule has 4 amide bonds. The molecule has 0 fully saturated rings. The minimum atomic E-state index is -1.13. The third kappa shape index (κ3) is 11.4. The Bertz CT molecular complexity index is 1540. The second-order valence-corrected chi connectivity index (χ2v) is 11.6. The highest BCUT2D eigenvalue weighted by atomic mass is 32.1. The predicted octanol–water partition coefficient (Wildman–Crippen LogP) is 3.79. The van der Waals surface area contributed by atoms with Crippen LogP contribution in [0.2, 0.25) is 0 Å². The molecule has 0 bridgehead atoms. The van der Waals surface area contributed by atoms with Gasteiger partial charge in [0.15, 0.2) is 10.9 Å². The van der Waals surface area contributed by atoms with Crippen LogP contribution in [0.5, 0.6) is 5.75 Å². The molecule has 0 saturated carbocycles. The molecule has 3 N–H and O–H groups in total. The van der Waals surface area contributed by atoms with Gasteiger partial charge < -0.3 is 30.3 Å². The van der Waals surface area contributed by atoms with Gasteiger partial charge >= 0.3 is 5.97 Å². The molecule has 13 nitrogen and oxygen atoms in total. The van der Waals surface area contributed by atoms with E-state index in [1.807, 2.05) is 13.8 Å². The lowest BCUT2D eigenvalue weighted by atomic mass is 10.1. The van der Waals surface area contributed by atoms with Crippen molar-refractivity contribution >= 4 is 57.5 Å². The van der Waals surface area contributed by atoms with Crippen molar-refractivity contribution in [2.24, 2.45) is 5.92 Å². The second-order valence-electron chi connectivity index (χ2n) is 10.7. The Morgan fingerprint density at radius 1 is 0.913 bits per heavy atom. The summed E-state index contributed by atoms with van der Waals surface area (Å²) in [4.78, 5) is 82.6. The number of carboxylic acids is 1. The molecule has 0 aliphatic heterocycles. The molecular weight excluding hydrogens is 614 g/mol. The minimum Gasteiger partial charge on any atom is -0.497 e. The number of carboxylic acid groups (broad SMARTS) is 1.